The number of ether oxygens (including phenoxy) is 1. The van der Waals surface area contributed by atoms with E-state index in [1.165, 1.54) is 18.0 Å². The fraction of sp³-hybridized carbons (Fsp3) is 0.552. The zero-order chi connectivity index (χ0) is 32.3. The number of aryl methyl sites for hydroxylation is 1. The first-order valence-corrected chi connectivity index (χ1v) is 14.1. The molecule has 44 heavy (non-hydrogen) atoms. The number of alkyl halides is 9. The zero-order valence-electron chi connectivity index (χ0n) is 24.0. The van der Waals surface area contributed by atoms with E-state index in [1.807, 2.05) is 6.92 Å². The van der Waals surface area contributed by atoms with E-state index in [4.69, 9.17) is 4.74 Å². The van der Waals surface area contributed by atoms with Crippen molar-refractivity contribution < 1.29 is 44.3 Å². The maximum Gasteiger partial charge on any atom is 0.416 e. The van der Waals surface area contributed by atoms with Gasteiger partial charge in [-0.25, -0.2) is 0 Å². The normalized spacial score (nSPS) is 15.9. The minimum absolute atomic E-state index is 0.0131. The van der Waals surface area contributed by atoms with Crippen molar-refractivity contribution >= 4 is 5.95 Å². The maximum atomic E-state index is 13.9. The summed E-state index contributed by atoms with van der Waals surface area (Å²) in [7, 11) is 1.40. The third-order valence-electron chi connectivity index (χ3n) is 7.52. The fourth-order valence-electron chi connectivity index (χ4n) is 5.49. The summed E-state index contributed by atoms with van der Waals surface area (Å²) in [4.78, 5) is 2.23. The van der Waals surface area contributed by atoms with Crippen molar-refractivity contribution in [2.45, 2.75) is 83.2 Å². The van der Waals surface area contributed by atoms with Gasteiger partial charge in [-0.3, -0.25) is 0 Å². The Hall–Kier alpha value is -3.36. The van der Waals surface area contributed by atoms with Gasteiger partial charge in [-0.2, -0.15) is 44.3 Å². The highest BCUT2D eigenvalue weighted by molar-refractivity contribution is 5.42. The van der Waals surface area contributed by atoms with Crippen LogP contribution in [0.2, 0.25) is 0 Å². The Balaban J connectivity index is 1.82. The Morgan fingerprint density at radius 2 is 1.45 bits per heavy atom. The molecule has 15 heteroatoms. The SMILES string of the molecule is CCCOC(c1ccc(C(F)(F)F)cc1CN(Cc1cc(C(F)(F)F)cc(C(F)(F)F)c1)c1nnn(C)n1)C1CCCCC1. The topological polar surface area (TPSA) is 56.1 Å². The number of nitrogens with zero attached hydrogens (tertiary/aromatic N) is 5. The summed E-state index contributed by atoms with van der Waals surface area (Å²) in [6.45, 7) is 1.29. The van der Waals surface area contributed by atoms with Crippen LogP contribution in [0.3, 0.4) is 0 Å². The predicted molar refractivity (Wildman–Crippen MR) is 142 cm³/mol. The summed E-state index contributed by atoms with van der Waals surface area (Å²) in [6.07, 6.45) is -10.3. The summed E-state index contributed by atoms with van der Waals surface area (Å²) < 4.78 is 129. The number of rotatable bonds is 10. The van der Waals surface area contributed by atoms with Gasteiger partial charge in [0, 0.05) is 19.7 Å². The molecule has 2 aromatic carbocycles. The van der Waals surface area contributed by atoms with Crippen LogP contribution in [0, 0.1) is 5.92 Å². The molecule has 6 nitrogen and oxygen atoms in total. The van der Waals surface area contributed by atoms with Crippen LogP contribution >= 0.6 is 0 Å². The molecule has 242 valence electrons. The third kappa shape index (κ3) is 8.42. The number of aromatic nitrogens is 4. The lowest BCUT2D eigenvalue weighted by molar-refractivity contribution is -0.143. The van der Waals surface area contributed by atoms with Gasteiger partial charge < -0.3 is 9.64 Å². The van der Waals surface area contributed by atoms with Gasteiger partial charge in [0.15, 0.2) is 0 Å². The number of halogens is 9. The molecule has 3 aromatic rings. The lowest BCUT2D eigenvalue weighted by Crippen LogP contribution is -2.27. The van der Waals surface area contributed by atoms with Crippen LogP contribution in [-0.2, 0) is 43.4 Å². The lowest BCUT2D eigenvalue weighted by Gasteiger charge is -2.33. The van der Waals surface area contributed by atoms with Gasteiger partial charge >= 0.3 is 18.5 Å². The molecular formula is C29H32F9N5O. The highest BCUT2D eigenvalue weighted by Crippen LogP contribution is 2.41. The zero-order valence-corrected chi connectivity index (χ0v) is 24.0. The number of anilines is 1. The van der Waals surface area contributed by atoms with E-state index >= 15 is 0 Å². The summed E-state index contributed by atoms with van der Waals surface area (Å²) in [5.41, 5.74) is -3.77. The van der Waals surface area contributed by atoms with E-state index in [9.17, 15) is 39.5 Å². The molecule has 1 aliphatic carbocycles. The van der Waals surface area contributed by atoms with Gasteiger partial charge in [0.1, 0.15) is 0 Å². The van der Waals surface area contributed by atoms with Crippen molar-refractivity contribution in [3.8, 4) is 0 Å². The molecule has 0 N–H and O–H groups in total. The monoisotopic (exact) mass is 637 g/mol. The standard InChI is InChI=1S/C29H32F9N5O/c1-3-11-44-25(19-7-5-4-6-8-19)24-10-9-21(27(30,31)32)14-20(24)17-43(26-39-41-42(2)40-26)16-18-12-22(28(33,34)35)15-23(13-18)29(36,37)38/h9-10,12-15,19,25H,3-8,11,16-17H2,1-2H3. The highest BCUT2D eigenvalue weighted by atomic mass is 19.4. The van der Waals surface area contributed by atoms with E-state index < -0.39 is 47.9 Å². The van der Waals surface area contributed by atoms with E-state index in [2.05, 4.69) is 15.4 Å². The average Bonchev–Trinajstić information content (AvgIpc) is 3.38. The van der Waals surface area contributed by atoms with Crippen molar-refractivity contribution in [1.29, 1.82) is 0 Å². The molecule has 0 spiro atoms. The predicted octanol–water partition coefficient (Wildman–Crippen LogP) is 8.52. The molecule has 1 fully saturated rings. The Labute approximate surface area is 248 Å². The molecule has 1 aliphatic rings. The second kappa shape index (κ2) is 13.3. The first kappa shape index (κ1) is 33.5. The first-order chi connectivity index (χ1) is 20.6. The molecule has 4 rings (SSSR count). The van der Waals surface area contributed by atoms with Crippen LogP contribution in [0.4, 0.5) is 45.5 Å². The summed E-state index contributed by atoms with van der Waals surface area (Å²) in [6, 6.07) is 4.40. The number of hydrogen-bond acceptors (Lipinski definition) is 5. The van der Waals surface area contributed by atoms with Gasteiger partial charge in [-0.05, 0) is 77.4 Å². The molecule has 1 aromatic heterocycles. The Bertz CT molecular complexity index is 1360. The molecular weight excluding hydrogens is 605 g/mol. The summed E-state index contributed by atoms with van der Waals surface area (Å²) in [5.74, 6) is -0.169. The minimum atomic E-state index is -5.08. The van der Waals surface area contributed by atoms with Crippen LogP contribution in [0.15, 0.2) is 36.4 Å². The van der Waals surface area contributed by atoms with Gasteiger partial charge in [0.2, 0.25) is 0 Å². The maximum absolute atomic E-state index is 13.9. The van der Waals surface area contributed by atoms with Crippen LogP contribution in [-0.4, -0.2) is 26.8 Å². The number of benzene rings is 2. The van der Waals surface area contributed by atoms with Crippen molar-refractivity contribution in [2.75, 3.05) is 11.5 Å². The van der Waals surface area contributed by atoms with Crippen LogP contribution in [0.5, 0.6) is 0 Å². The van der Waals surface area contributed by atoms with Gasteiger partial charge in [0.05, 0.1) is 29.8 Å². The molecule has 1 unspecified atom stereocenters. The molecule has 1 saturated carbocycles. The lowest BCUT2D eigenvalue weighted by atomic mass is 9.81. The van der Waals surface area contributed by atoms with Crippen LogP contribution in [0.25, 0.3) is 0 Å². The summed E-state index contributed by atoms with van der Waals surface area (Å²) in [5, 5.41) is 11.6. The molecule has 0 bridgehead atoms. The summed E-state index contributed by atoms with van der Waals surface area (Å²) >= 11 is 0. The smallest absolute Gasteiger partial charge is 0.373 e. The second-order valence-corrected chi connectivity index (χ2v) is 10.9. The van der Waals surface area contributed by atoms with Crippen molar-refractivity contribution in [3.63, 3.8) is 0 Å². The molecule has 0 radical (unpaired) electrons. The molecule has 0 aliphatic heterocycles. The van der Waals surface area contributed by atoms with Crippen molar-refractivity contribution in [1.82, 2.24) is 20.2 Å². The van der Waals surface area contributed by atoms with Crippen molar-refractivity contribution in [2.24, 2.45) is 13.0 Å². The van der Waals surface area contributed by atoms with E-state index in [0.717, 1.165) is 49.0 Å². The first-order valence-electron chi connectivity index (χ1n) is 14.1. The number of hydrogen-bond donors (Lipinski definition) is 0. The molecule has 0 saturated heterocycles. The minimum Gasteiger partial charge on any atom is -0.373 e. The quantitative estimate of drug-likeness (QED) is 0.209. The third-order valence-corrected chi connectivity index (χ3v) is 7.52. The molecule has 1 atom stereocenters. The average molecular weight is 638 g/mol. The van der Waals surface area contributed by atoms with Gasteiger partial charge in [-0.1, -0.05) is 37.4 Å². The fourth-order valence-corrected chi connectivity index (χ4v) is 5.49. The Morgan fingerprint density at radius 1 is 0.841 bits per heavy atom. The Kier molecular flexibility index (Phi) is 10.2. The second-order valence-electron chi connectivity index (χ2n) is 10.9. The largest absolute Gasteiger partial charge is 0.416 e. The van der Waals surface area contributed by atoms with Gasteiger partial charge in [0.25, 0.3) is 5.95 Å². The van der Waals surface area contributed by atoms with Crippen molar-refractivity contribution in [3.05, 3.63) is 69.8 Å². The highest BCUT2D eigenvalue weighted by Gasteiger charge is 2.38. The molecule has 1 heterocycles. The van der Waals surface area contributed by atoms with E-state index in [-0.39, 0.29) is 35.6 Å². The number of tetrazole rings is 1. The van der Waals surface area contributed by atoms with Crippen LogP contribution < -0.4 is 4.90 Å². The molecule has 0 amide bonds. The van der Waals surface area contributed by atoms with E-state index in [1.54, 1.807) is 0 Å². The Morgan fingerprint density at radius 3 is 1.98 bits per heavy atom. The van der Waals surface area contributed by atoms with Crippen LogP contribution in [0.1, 0.15) is 84.9 Å². The van der Waals surface area contributed by atoms with E-state index in [0.29, 0.717) is 30.7 Å². The van der Waals surface area contributed by atoms with Gasteiger partial charge in [-0.15, -0.1) is 5.10 Å².